The topological polar surface area (TPSA) is 84.9 Å². The highest BCUT2D eigenvalue weighted by atomic mass is 16.5. The van der Waals surface area contributed by atoms with Gasteiger partial charge in [0, 0.05) is 25.8 Å². The average Bonchev–Trinajstić information content (AvgIpc) is 3.31. The molecule has 4 rings (SSSR count). The van der Waals surface area contributed by atoms with Crippen LogP contribution >= 0.6 is 0 Å². The van der Waals surface area contributed by atoms with Crippen LogP contribution in [0.4, 0.5) is 0 Å². The maximum Gasteiger partial charge on any atom is 0.257 e. The highest BCUT2D eigenvalue weighted by molar-refractivity contribution is 5.95. The van der Waals surface area contributed by atoms with Crippen LogP contribution in [0.1, 0.15) is 53.2 Å². The Hall–Kier alpha value is -3.00. The monoisotopic (exact) mass is 438 g/mol. The first-order valence-corrected chi connectivity index (χ1v) is 11.3. The van der Waals surface area contributed by atoms with Crippen LogP contribution in [0.2, 0.25) is 0 Å². The number of likely N-dealkylation sites (tertiary alicyclic amines) is 1. The smallest absolute Gasteiger partial charge is 0.257 e. The predicted octanol–water partition coefficient (Wildman–Crippen LogP) is 2.56. The fourth-order valence-corrected chi connectivity index (χ4v) is 4.27. The highest BCUT2D eigenvalue weighted by Crippen LogP contribution is 2.31. The van der Waals surface area contributed by atoms with Crippen LogP contribution in [-0.2, 0) is 16.0 Å². The summed E-state index contributed by atoms with van der Waals surface area (Å²) in [5, 5.41) is 0. The van der Waals surface area contributed by atoms with Crippen molar-refractivity contribution in [3.8, 4) is 5.75 Å². The fourth-order valence-electron chi connectivity index (χ4n) is 4.27. The van der Waals surface area contributed by atoms with Gasteiger partial charge >= 0.3 is 0 Å². The lowest BCUT2D eigenvalue weighted by molar-refractivity contribution is -0.131. The highest BCUT2D eigenvalue weighted by Gasteiger charge is 2.32. The minimum absolute atomic E-state index is 0.0615. The number of hydrogen-bond acceptors (Lipinski definition) is 6. The van der Waals surface area contributed by atoms with Crippen LogP contribution in [-0.4, -0.2) is 71.0 Å². The van der Waals surface area contributed by atoms with Gasteiger partial charge in [-0.3, -0.25) is 9.59 Å². The molecular weight excluding hydrogens is 408 g/mol. The molecule has 2 amide bonds. The van der Waals surface area contributed by atoms with E-state index in [2.05, 4.69) is 9.97 Å². The van der Waals surface area contributed by atoms with Crippen LogP contribution in [0.25, 0.3) is 0 Å². The van der Waals surface area contributed by atoms with Crippen molar-refractivity contribution in [2.45, 2.75) is 39.2 Å². The minimum Gasteiger partial charge on any atom is -0.494 e. The molecule has 0 N–H and O–H groups in total. The second-order valence-corrected chi connectivity index (χ2v) is 8.13. The third-order valence-corrected chi connectivity index (χ3v) is 5.99. The van der Waals surface area contributed by atoms with E-state index < -0.39 is 0 Å². The summed E-state index contributed by atoms with van der Waals surface area (Å²) in [5.74, 6) is 1.41. The lowest BCUT2D eigenvalue weighted by Crippen LogP contribution is -2.41. The van der Waals surface area contributed by atoms with Crippen LogP contribution in [0.3, 0.4) is 0 Å². The molecule has 2 saturated heterocycles. The zero-order valence-corrected chi connectivity index (χ0v) is 18.7. The molecule has 1 aromatic heterocycles. The van der Waals surface area contributed by atoms with Gasteiger partial charge in [-0.1, -0.05) is 12.1 Å². The summed E-state index contributed by atoms with van der Waals surface area (Å²) < 4.78 is 10.8. The molecule has 2 aliphatic rings. The number of aryl methyl sites for hydroxylation is 1. The number of benzene rings is 1. The molecule has 1 atom stereocenters. The number of hydrogen-bond donors (Lipinski definition) is 0. The average molecular weight is 439 g/mol. The van der Waals surface area contributed by atoms with Gasteiger partial charge in [-0.05, 0) is 44.4 Å². The number of aromatic nitrogens is 2. The summed E-state index contributed by atoms with van der Waals surface area (Å²) in [7, 11) is 0. The lowest BCUT2D eigenvalue weighted by Gasteiger charge is -2.27. The molecular formula is C24H30N4O4. The van der Waals surface area contributed by atoms with E-state index in [-0.39, 0.29) is 17.9 Å². The van der Waals surface area contributed by atoms with Crippen molar-refractivity contribution in [2.75, 3.05) is 39.5 Å². The van der Waals surface area contributed by atoms with Crippen molar-refractivity contribution < 1.29 is 19.1 Å². The molecule has 0 aliphatic carbocycles. The molecule has 2 fully saturated rings. The van der Waals surface area contributed by atoms with Crippen molar-refractivity contribution in [1.29, 1.82) is 0 Å². The zero-order valence-electron chi connectivity index (χ0n) is 18.7. The van der Waals surface area contributed by atoms with Crippen LogP contribution in [0, 0.1) is 6.92 Å². The van der Waals surface area contributed by atoms with Crippen molar-refractivity contribution in [3.63, 3.8) is 0 Å². The van der Waals surface area contributed by atoms with Gasteiger partial charge in [0.05, 0.1) is 43.5 Å². The Morgan fingerprint density at radius 2 is 1.91 bits per heavy atom. The van der Waals surface area contributed by atoms with Crippen molar-refractivity contribution in [3.05, 3.63) is 53.1 Å². The Morgan fingerprint density at radius 1 is 1.16 bits per heavy atom. The number of rotatable bonds is 6. The standard InChI is InChI=1S/C24H30N4O4/c1-3-32-19-8-6-18(7-9-19)15-22(29)28-10-4-5-21(28)23-25-16-20(17(2)26-23)24(30)27-11-13-31-14-12-27/h6-9,16,21H,3-5,10-15H2,1-2H3/t21-/m0/s1. The lowest BCUT2D eigenvalue weighted by atomic mass is 10.1. The third kappa shape index (κ3) is 4.91. The van der Waals surface area contributed by atoms with Gasteiger partial charge < -0.3 is 19.3 Å². The number of carbonyl (C=O) groups excluding carboxylic acids is 2. The maximum atomic E-state index is 13.0. The van der Waals surface area contributed by atoms with E-state index in [1.165, 1.54) is 0 Å². The molecule has 0 spiro atoms. The van der Waals surface area contributed by atoms with Crippen LogP contribution in [0.15, 0.2) is 30.5 Å². The van der Waals surface area contributed by atoms with Crippen LogP contribution < -0.4 is 4.74 Å². The van der Waals surface area contributed by atoms with Gasteiger partial charge in [0.25, 0.3) is 5.91 Å². The summed E-state index contributed by atoms with van der Waals surface area (Å²) >= 11 is 0. The number of amides is 2. The van der Waals surface area contributed by atoms with Crippen molar-refractivity contribution in [2.24, 2.45) is 0 Å². The normalized spacial score (nSPS) is 18.6. The summed E-state index contributed by atoms with van der Waals surface area (Å²) in [6, 6.07) is 7.49. The molecule has 0 unspecified atom stereocenters. The van der Waals surface area contributed by atoms with E-state index in [0.29, 0.717) is 63.0 Å². The quantitative estimate of drug-likeness (QED) is 0.689. The first-order chi connectivity index (χ1) is 15.6. The molecule has 0 bridgehead atoms. The molecule has 2 aromatic rings. The first kappa shape index (κ1) is 22.2. The second kappa shape index (κ2) is 10.1. The third-order valence-electron chi connectivity index (χ3n) is 5.99. The van der Waals surface area contributed by atoms with E-state index >= 15 is 0 Å². The molecule has 170 valence electrons. The molecule has 8 heteroatoms. The van der Waals surface area contributed by atoms with Crippen molar-refractivity contribution in [1.82, 2.24) is 19.8 Å². The van der Waals surface area contributed by atoms with Gasteiger partial charge in [-0.25, -0.2) is 9.97 Å². The van der Waals surface area contributed by atoms with Gasteiger partial charge in [-0.2, -0.15) is 0 Å². The van der Waals surface area contributed by atoms with E-state index in [9.17, 15) is 9.59 Å². The van der Waals surface area contributed by atoms with Gasteiger partial charge in [0.2, 0.25) is 5.91 Å². The second-order valence-electron chi connectivity index (χ2n) is 8.13. The summed E-state index contributed by atoms with van der Waals surface area (Å²) in [6.07, 6.45) is 3.68. The van der Waals surface area contributed by atoms with Crippen LogP contribution in [0.5, 0.6) is 5.75 Å². The summed E-state index contributed by atoms with van der Waals surface area (Å²) in [4.78, 5) is 38.6. The number of ether oxygens (including phenoxy) is 2. The summed E-state index contributed by atoms with van der Waals surface area (Å²) in [6.45, 7) is 7.35. The number of nitrogens with zero attached hydrogens (tertiary/aromatic N) is 4. The Balaban J connectivity index is 1.44. The molecule has 2 aliphatic heterocycles. The maximum absolute atomic E-state index is 13.0. The fraction of sp³-hybridized carbons (Fsp3) is 0.500. The molecule has 32 heavy (non-hydrogen) atoms. The molecule has 3 heterocycles. The van der Waals surface area contributed by atoms with Gasteiger partial charge in [0.1, 0.15) is 5.75 Å². The Kier molecular flexibility index (Phi) is 6.99. The summed E-state index contributed by atoms with van der Waals surface area (Å²) in [5.41, 5.74) is 2.12. The largest absolute Gasteiger partial charge is 0.494 e. The first-order valence-electron chi connectivity index (χ1n) is 11.3. The SMILES string of the molecule is CCOc1ccc(CC(=O)N2CCC[C@H]2c2ncc(C(=O)N3CCOCC3)c(C)n2)cc1. The number of carbonyl (C=O) groups is 2. The van der Waals surface area contributed by atoms with Gasteiger partial charge in [0.15, 0.2) is 5.82 Å². The van der Waals surface area contributed by atoms with E-state index in [4.69, 9.17) is 9.47 Å². The van der Waals surface area contributed by atoms with E-state index in [0.717, 1.165) is 24.2 Å². The van der Waals surface area contributed by atoms with Gasteiger partial charge in [-0.15, -0.1) is 0 Å². The molecule has 1 aromatic carbocycles. The molecule has 0 radical (unpaired) electrons. The van der Waals surface area contributed by atoms with E-state index in [1.807, 2.05) is 43.0 Å². The zero-order chi connectivity index (χ0) is 22.5. The Labute approximate surface area is 188 Å². The molecule has 0 saturated carbocycles. The molecule has 8 nitrogen and oxygen atoms in total. The Bertz CT molecular complexity index is 957. The number of morpholine rings is 1. The minimum atomic E-state index is -0.156. The van der Waals surface area contributed by atoms with E-state index in [1.54, 1.807) is 11.1 Å². The Morgan fingerprint density at radius 3 is 2.59 bits per heavy atom. The predicted molar refractivity (Wildman–Crippen MR) is 118 cm³/mol. The van der Waals surface area contributed by atoms with Crippen molar-refractivity contribution >= 4 is 11.8 Å².